The molecule has 0 saturated heterocycles. The van der Waals surface area contributed by atoms with Crippen molar-refractivity contribution in [1.29, 1.82) is 0 Å². The molecule has 7 heteroatoms. The molecule has 140 valence electrons. The molecule has 0 fully saturated rings. The number of benzene rings is 2. The summed E-state index contributed by atoms with van der Waals surface area (Å²) >= 11 is 0. The molecule has 2 aromatic carbocycles. The molecule has 2 rings (SSSR count). The Kier molecular flexibility index (Phi) is 6.63. The van der Waals surface area contributed by atoms with Gasteiger partial charge in [0, 0.05) is 12.1 Å². The van der Waals surface area contributed by atoms with Gasteiger partial charge in [-0.05, 0) is 38.1 Å². The number of rotatable bonds is 8. The van der Waals surface area contributed by atoms with Crippen LogP contribution in [0.2, 0.25) is 0 Å². The van der Waals surface area contributed by atoms with Crippen LogP contribution in [0.1, 0.15) is 22.8 Å². The molecule has 0 saturated carbocycles. The van der Waals surface area contributed by atoms with Gasteiger partial charge in [-0.3, -0.25) is 9.10 Å². The zero-order valence-electron chi connectivity index (χ0n) is 15.2. The highest BCUT2D eigenvalue weighted by Gasteiger charge is 2.21. The number of ether oxygens (including phenoxy) is 1. The molecule has 0 unspecified atom stereocenters. The van der Waals surface area contributed by atoms with Gasteiger partial charge in [-0.25, -0.2) is 8.42 Å². The van der Waals surface area contributed by atoms with E-state index in [-0.39, 0.29) is 19.0 Å². The average molecular weight is 376 g/mol. The number of hydrogen-bond donors (Lipinski definition) is 1. The van der Waals surface area contributed by atoms with Gasteiger partial charge < -0.3 is 10.1 Å². The third kappa shape index (κ3) is 5.23. The quantitative estimate of drug-likeness (QED) is 0.768. The number of nitrogens with one attached hydrogen (secondary N) is 1. The van der Waals surface area contributed by atoms with Crippen LogP contribution >= 0.6 is 0 Å². The van der Waals surface area contributed by atoms with E-state index in [4.69, 9.17) is 4.74 Å². The Labute approximate surface area is 154 Å². The lowest BCUT2D eigenvalue weighted by Crippen LogP contribution is -2.38. The zero-order chi connectivity index (χ0) is 19.2. The summed E-state index contributed by atoms with van der Waals surface area (Å²) in [5, 5.41) is 2.76. The van der Waals surface area contributed by atoms with E-state index < -0.39 is 10.0 Å². The van der Waals surface area contributed by atoms with E-state index in [1.54, 1.807) is 36.4 Å². The molecule has 0 atom stereocenters. The van der Waals surface area contributed by atoms with Crippen molar-refractivity contribution in [2.75, 3.05) is 30.3 Å². The average Bonchev–Trinajstić information content (AvgIpc) is 2.59. The predicted octanol–water partition coefficient (Wildman–Crippen LogP) is 2.59. The maximum Gasteiger partial charge on any atom is 0.251 e. The molecule has 0 aliphatic heterocycles. The summed E-state index contributed by atoms with van der Waals surface area (Å²) in [6.45, 7) is 4.50. The summed E-state index contributed by atoms with van der Waals surface area (Å²) in [7, 11) is -3.52. The number of carbonyl (C=O) groups is 1. The van der Waals surface area contributed by atoms with E-state index in [9.17, 15) is 13.2 Å². The lowest BCUT2D eigenvalue weighted by atomic mass is 10.1. The first-order valence-corrected chi connectivity index (χ1v) is 10.2. The van der Waals surface area contributed by atoms with Crippen LogP contribution in [-0.2, 0) is 10.0 Å². The van der Waals surface area contributed by atoms with Gasteiger partial charge in [0.05, 0.1) is 25.1 Å². The molecule has 0 radical (unpaired) electrons. The monoisotopic (exact) mass is 376 g/mol. The lowest BCUT2D eigenvalue weighted by molar-refractivity contribution is 0.0955. The number of para-hydroxylation sites is 2. The highest BCUT2D eigenvalue weighted by Crippen LogP contribution is 2.29. The van der Waals surface area contributed by atoms with Gasteiger partial charge in [-0.1, -0.05) is 29.8 Å². The number of carbonyl (C=O) groups excluding carboxylic acids is 1. The van der Waals surface area contributed by atoms with Crippen molar-refractivity contribution in [3.63, 3.8) is 0 Å². The van der Waals surface area contributed by atoms with Crippen LogP contribution in [0.25, 0.3) is 0 Å². The van der Waals surface area contributed by atoms with Crippen molar-refractivity contribution in [3.05, 3.63) is 59.7 Å². The Balaban J connectivity index is 2.10. The first-order valence-electron chi connectivity index (χ1n) is 8.37. The number of hydrogen-bond acceptors (Lipinski definition) is 4. The van der Waals surface area contributed by atoms with Crippen molar-refractivity contribution >= 4 is 21.6 Å². The maximum atomic E-state index is 12.2. The molecule has 0 heterocycles. The van der Waals surface area contributed by atoms with Gasteiger partial charge in [0.25, 0.3) is 5.91 Å². The normalized spacial score (nSPS) is 11.0. The minimum absolute atomic E-state index is 0.112. The molecule has 0 aromatic heterocycles. The van der Waals surface area contributed by atoms with Crippen molar-refractivity contribution in [2.45, 2.75) is 13.8 Å². The largest absolute Gasteiger partial charge is 0.492 e. The fourth-order valence-corrected chi connectivity index (χ4v) is 3.41. The molecule has 2 aromatic rings. The number of nitrogens with zero attached hydrogens (tertiary/aromatic N) is 1. The minimum Gasteiger partial charge on any atom is -0.492 e. The second-order valence-electron chi connectivity index (χ2n) is 5.86. The molecule has 0 aliphatic rings. The summed E-state index contributed by atoms with van der Waals surface area (Å²) < 4.78 is 31.2. The molecule has 26 heavy (non-hydrogen) atoms. The fourth-order valence-electron chi connectivity index (χ4n) is 2.48. The summed E-state index contributed by atoms with van der Waals surface area (Å²) in [5.41, 5.74) is 2.06. The number of aryl methyl sites for hydroxylation is 1. The van der Waals surface area contributed by atoms with Gasteiger partial charge in [0.1, 0.15) is 5.75 Å². The van der Waals surface area contributed by atoms with E-state index >= 15 is 0 Å². The summed E-state index contributed by atoms with van der Waals surface area (Å²) in [6.07, 6.45) is 1.14. The maximum absolute atomic E-state index is 12.2. The van der Waals surface area contributed by atoms with E-state index in [1.165, 1.54) is 4.31 Å². The number of sulfonamides is 1. The van der Waals surface area contributed by atoms with Crippen molar-refractivity contribution < 1.29 is 17.9 Å². The van der Waals surface area contributed by atoms with Crippen LogP contribution in [0.15, 0.2) is 48.5 Å². The van der Waals surface area contributed by atoms with Crippen LogP contribution in [0.4, 0.5) is 5.69 Å². The second-order valence-corrected chi connectivity index (χ2v) is 7.76. The molecular weight excluding hydrogens is 352 g/mol. The number of amides is 1. The first-order chi connectivity index (χ1) is 12.3. The third-order valence-electron chi connectivity index (χ3n) is 3.75. The van der Waals surface area contributed by atoms with E-state index in [0.29, 0.717) is 23.6 Å². The summed E-state index contributed by atoms with van der Waals surface area (Å²) in [5.74, 6) is 0.252. The molecular formula is C19H24N2O4S. The van der Waals surface area contributed by atoms with Crippen LogP contribution in [0, 0.1) is 6.92 Å². The van der Waals surface area contributed by atoms with Gasteiger partial charge in [0.2, 0.25) is 10.0 Å². The van der Waals surface area contributed by atoms with Crippen molar-refractivity contribution in [3.8, 4) is 5.75 Å². The van der Waals surface area contributed by atoms with Gasteiger partial charge >= 0.3 is 0 Å². The van der Waals surface area contributed by atoms with Crippen LogP contribution in [0.3, 0.4) is 0 Å². The summed E-state index contributed by atoms with van der Waals surface area (Å²) in [6, 6.07) is 14.1. The fraction of sp³-hybridized carbons (Fsp3) is 0.316. The first kappa shape index (κ1) is 19.8. The standard InChI is InChI=1S/C19H24N2O4S/c1-4-25-18-8-6-5-7-17(18)21(26(3,23)24)14-13-20-19(22)16-11-9-15(2)10-12-16/h5-12H,4,13-14H2,1-3H3,(H,20,22). The van der Waals surface area contributed by atoms with Gasteiger partial charge in [-0.15, -0.1) is 0 Å². The molecule has 1 amide bonds. The van der Waals surface area contributed by atoms with E-state index in [1.807, 2.05) is 26.0 Å². The zero-order valence-corrected chi connectivity index (χ0v) is 16.0. The van der Waals surface area contributed by atoms with Gasteiger partial charge in [0.15, 0.2) is 0 Å². The Bertz CT molecular complexity index is 848. The Hall–Kier alpha value is -2.54. The van der Waals surface area contributed by atoms with Crippen molar-refractivity contribution in [1.82, 2.24) is 5.32 Å². The SMILES string of the molecule is CCOc1ccccc1N(CCNC(=O)c1ccc(C)cc1)S(C)(=O)=O. The predicted molar refractivity (Wildman–Crippen MR) is 103 cm³/mol. The van der Waals surface area contributed by atoms with Gasteiger partial charge in [-0.2, -0.15) is 0 Å². The molecule has 0 bridgehead atoms. The van der Waals surface area contributed by atoms with E-state index in [0.717, 1.165) is 11.8 Å². The van der Waals surface area contributed by atoms with Crippen LogP contribution in [-0.4, -0.2) is 40.3 Å². The Morgan fingerprint density at radius 2 is 1.77 bits per heavy atom. The molecule has 6 nitrogen and oxygen atoms in total. The second kappa shape index (κ2) is 8.71. The Morgan fingerprint density at radius 3 is 2.38 bits per heavy atom. The summed E-state index contributed by atoms with van der Waals surface area (Å²) in [4.78, 5) is 12.2. The topological polar surface area (TPSA) is 75.7 Å². The smallest absolute Gasteiger partial charge is 0.251 e. The highest BCUT2D eigenvalue weighted by atomic mass is 32.2. The van der Waals surface area contributed by atoms with Crippen LogP contribution < -0.4 is 14.4 Å². The van der Waals surface area contributed by atoms with Crippen LogP contribution in [0.5, 0.6) is 5.75 Å². The molecule has 0 spiro atoms. The van der Waals surface area contributed by atoms with E-state index in [2.05, 4.69) is 5.32 Å². The Morgan fingerprint density at radius 1 is 1.12 bits per heavy atom. The van der Waals surface area contributed by atoms with Crippen molar-refractivity contribution in [2.24, 2.45) is 0 Å². The minimum atomic E-state index is -3.52. The molecule has 1 N–H and O–H groups in total. The lowest BCUT2D eigenvalue weighted by Gasteiger charge is -2.24. The molecule has 0 aliphatic carbocycles. The third-order valence-corrected chi connectivity index (χ3v) is 4.93. The highest BCUT2D eigenvalue weighted by molar-refractivity contribution is 7.92. The number of anilines is 1.